The fourth-order valence-electron chi connectivity index (χ4n) is 3.79. The summed E-state index contributed by atoms with van der Waals surface area (Å²) in [5.74, 6) is 0. The molecule has 158 valence electrons. The molecular weight excluding hydrogens is 422 g/mol. The number of aryl methyl sites for hydroxylation is 2. The smallest absolute Gasteiger partial charge is 0.174 e. The Kier molecular flexibility index (Phi) is 6.59. The lowest BCUT2D eigenvalue weighted by Crippen LogP contribution is -2.33. The molecule has 0 amide bonds. The number of para-hydroxylation sites is 1. The second-order valence-corrected chi connectivity index (χ2v) is 8.49. The first kappa shape index (κ1) is 21.4. The van der Waals surface area contributed by atoms with E-state index in [-0.39, 0.29) is 0 Å². The number of anilines is 1. The minimum atomic E-state index is 0.678. The molecule has 0 spiro atoms. The Morgan fingerprint density at radius 2 is 1.74 bits per heavy atom. The van der Waals surface area contributed by atoms with Crippen LogP contribution in [0.25, 0.3) is 10.9 Å². The molecule has 1 aromatic heterocycles. The molecule has 3 aromatic carbocycles. The molecule has 5 heteroatoms. The van der Waals surface area contributed by atoms with Crippen molar-refractivity contribution in [2.45, 2.75) is 33.5 Å². The van der Waals surface area contributed by atoms with Crippen molar-refractivity contribution in [3.63, 3.8) is 0 Å². The predicted octanol–water partition coefficient (Wildman–Crippen LogP) is 7.02. The average Bonchev–Trinajstić information content (AvgIpc) is 3.14. The minimum Gasteiger partial charge on any atom is -0.347 e. The molecule has 31 heavy (non-hydrogen) atoms. The van der Waals surface area contributed by atoms with Crippen LogP contribution in [0.5, 0.6) is 0 Å². The number of nitrogens with one attached hydrogen (secondary N) is 1. The van der Waals surface area contributed by atoms with Crippen LogP contribution in [0, 0.1) is 6.92 Å². The van der Waals surface area contributed by atoms with E-state index in [2.05, 4.69) is 76.4 Å². The van der Waals surface area contributed by atoms with Crippen molar-refractivity contribution in [1.29, 1.82) is 0 Å². The third kappa shape index (κ3) is 4.92. The summed E-state index contributed by atoms with van der Waals surface area (Å²) in [6.07, 6.45) is 2.24. The number of hydrogen-bond donors (Lipinski definition) is 1. The zero-order chi connectivity index (χ0) is 21.8. The molecule has 0 radical (unpaired) electrons. The number of fused-ring (bicyclic) bond motifs is 1. The van der Waals surface area contributed by atoms with Crippen LogP contribution < -0.4 is 5.32 Å². The SMILES string of the molecule is CCn1cc(CN(Cc2ccccc2)C(=S)Nc2ccc(C)c(Cl)c2)c2ccccc21. The van der Waals surface area contributed by atoms with E-state index in [1.807, 2.05) is 31.2 Å². The van der Waals surface area contributed by atoms with Crippen LogP contribution in [-0.4, -0.2) is 14.6 Å². The Bertz CT molecular complexity index is 1200. The summed E-state index contributed by atoms with van der Waals surface area (Å²) in [7, 11) is 0. The van der Waals surface area contributed by atoms with Gasteiger partial charge in [-0.25, -0.2) is 0 Å². The Balaban J connectivity index is 1.64. The summed E-state index contributed by atoms with van der Waals surface area (Å²) in [5, 5.41) is 6.06. The molecule has 1 N–H and O–H groups in total. The normalized spacial score (nSPS) is 10.9. The van der Waals surface area contributed by atoms with Crippen LogP contribution in [0.4, 0.5) is 5.69 Å². The molecule has 0 saturated heterocycles. The summed E-state index contributed by atoms with van der Waals surface area (Å²) in [4.78, 5) is 2.21. The van der Waals surface area contributed by atoms with Crippen LogP contribution in [-0.2, 0) is 19.6 Å². The van der Waals surface area contributed by atoms with Gasteiger partial charge in [-0.15, -0.1) is 0 Å². The number of aromatic nitrogens is 1. The van der Waals surface area contributed by atoms with Gasteiger partial charge in [0, 0.05) is 47.4 Å². The molecule has 1 heterocycles. The first-order valence-electron chi connectivity index (χ1n) is 10.5. The van der Waals surface area contributed by atoms with E-state index >= 15 is 0 Å². The van der Waals surface area contributed by atoms with Crippen LogP contribution in [0.1, 0.15) is 23.6 Å². The molecule has 0 atom stereocenters. The maximum atomic E-state index is 6.32. The van der Waals surface area contributed by atoms with Crippen LogP contribution in [0.2, 0.25) is 5.02 Å². The number of halogens is 1. The van der Waals surface area contributed by atoms with Crippen molar-refractivity contribution >= 4 is 45.5 Å². The van der Waals surface area contributed by atoms with E-state index in [0.717, 1.165) is 29.4 Å². The summed E-state index contributed by atoms with van der Waals surface area (Å²) in [6.45, 7) is 6.54. The number of hydrogen-bond acceptors (Lipinski definition) is 1. The molecule has 0 bridgehead atoms. The number of nitrogens with zero attached hydrogens (tertiary/aromatic N) is 2. The minimum absolute atomic E-state index is 0.678. The largest absolute Gasteiger partial charge is 0.347 e. The highest BCUT2D eigenvalue weighted by molar-refractivity contribution is 7.80. The van der Waals surface area contributed by atoms with Gasteiger partial charge in [0.15, 0.2) is 5.11 Å². The number of benzene rings is 3. The van der Waals surface area contributed by atoms with Crippen LogP contribution in [0.3, 0.4) is 0 Å². The third-order valence-corrected chi connectivity index (χ3v) is 6.27. The first-order chi connectivity index (χ1) is 15.0. The zero-order valence-corrected chi connectivity index (χ0v) is 19.4. The van der Waals surface area contributed by atoms with Crippen molar-refractivity contribution in [2.75, 3.05) is 5.32 Å². The Labute approximate surface area is 194 Å². The lowest BCUT2D eigenvalue weighted by Gasteiger charge is -2.26. The van der Waals surface area contributed by atoms with Crippen molar-refractivity contribution < 1.29 is 0 Å². The summed E-state index contributed by atoms with van der Waals surface area (Å²) in [5.41, 5.74) is 5.68. The van der Waals surface area contributed by atoms with Crippen molar-refractivity contribution in [2.24, 2.45) is 0 Å². The van der Waals surface area contributed by atoms with Crippen LogP contribution in [0.15, 0.2) is 79.0 Å². The van der Waals surface area contributed by atoms with Crippen molar-refractivity contribution in [3.8, 4) is 0 Å². The monoisotopic (exact) mass is 447 g/mol. The predicted molar refractivity (Wildman–Crippen MR) is 136 cm³/mol. The summed E-state index contributed by atoms with van der Waals surface area (Å²) < 4.78 is 2.29. The van der Waals surface area contributed by atoms with Gasteiger partial charge in [0.2, 0.25) is 0 Å². The maximum Gasteiger partial charge on any atom is 0.174 e. The lowest BCUT2D eigenvalue weighted by atomic mass is 10.1. The van der Waals surface area contributed by atoms with Crippen molar-refractivity contribution in [3.05, 3.63) is 101 Å². The molecule has 3 nitrogen and oxygen atoms in total. The Morgan fingerprint density at radius 1 is 1.00 bits per heavy atom. The molecule has 0 aliphatic heterocycles. The van der Waals surface area contributed by atoms with E-state index in [9.17, 15) is 0 Å². The van der Waals surface area contributed by atoms with E-state index in [1.165, 1.54) is 22.0 Å². The van der Waals surface area contributed by atoms with Crippen molar-refractivity contribution in [1.82, 2.24) is 9.47 Å². The van der Waals surface area contributed by atoms with E-state index in [4.69, 9.17) is 23.8 Å². The highest BCUT2D eigenvalue weighted by Gasteiger charge is 2.16. The Morgan fingerprint density at radius 3 is 2.48 bits per heavy atom. The molecule has 4 aromatic rings. The van der Waals surface area contributed by atoms with Crippen LogP contribution >= 0.6 is 23.8 Å². The van der Waals surface area contributed by atoms with Gasteiger partial charge < -0.3 is 14.8 Å². The van der Waals surface area contributed by atoms with Gasteiger partial charge in [0.05, 0.1) is 0 Å². The van der Waals surface area contributed by atoms with E-state index in [1.54, 1.807) is 0 Å². The van der Waals surface area contributed by atoms with E-state index < -0.39 is 0 Å². The quantitative estimate of drug-likeness (QED) is 0.320. The van der Waals surface area contributed by atoms with Gasteiger partial charge in [0.1, 0.15) is 0 Å². The molecular formula is C26H26ClN3S. The van der Waals surface area contributed by atoms with Gasteiger partial charge in [-0.2, -0.15) is 0 Å². The zero-order valence-electron chi connectivity index (χ0n) is 17.8. The second kappa shape index (κ2) is 9.54. The highest BCUT2D eigenvalue weighted by Crippen LogP contribution is 2.25. The Hall–Kier alpha value is -2.82. The molecule has 0 fully saturated rings. The third-order valence-electron chi connectivity index (χ3n) is 5.50. The first-order valence-corrected chi connectivity index (χ1v) is 11.3. The number of thiocarbonyl (C=S) groups is 1. The molecule has 0 aliphatic carbocycles. The van der Waals surface area contributed by atoms with E-state index in [0.29, 0.717) is 11.7 Å². The summed E-state index contributed by atoms with van der Waals surface area (Å²) >= 11 is 12.2. The van der Waals surface area contributed by atoms with Gasteiger partial charge in [0.25, 0.3) is 0 Å². The average molecular weight is 448 g/mol. The molecule has 0 aliphatic rings. The highest BCUT2D eigenvalue weighted by atomic mass is 35.5. The fourth-order valence-corrected chi connectivity index (χ4v) is 4.22. The fraction of sp³-hybridized carbons (Fsp3) is 0.192. The van der Waals surface area contributed by atoms with Gasteiger partial charge >= 0.3 is 0 Å². The standard InChI is InChI=1S/C26H26ClN3S/c1-3-29-17-21(23-11-7-8-12-25(23)29)18-30(16-20-9-5-4-6-10-20)26(31)28-22-14-13-19(2)24(27)15-22/h4-15,17H,3,16,18H2,1-2H3,(H,28,31). The second-order valence-electron chi connectivity index (χ2n) is 7.69. The molecule has 4 rings (SSSR count). The lowest BCUT2D eigenvalue weighted by molar-refractivity contribution is 0.414. The topological polar surface area (TPSA) is 20.2 Å². The van der Waals surface area contributed by atoms with Gasteiger partial charge in [-0.05, 0) is 61.0 Å². The molecule has 0 saturated carbocycles. The number of rotatable bonds is 6. The van der Waals surface area contributed by atoms with Gasteiger partial charge in [-0.3, -0.25) is 0 Å². The summed E-state index contributed by atoms with van der Waals surface area (Å²) in [6, 6.07) is 24.9. The maximum absolute atomic E-state index is 6.32. The van der Waals surface area contributed by atoms with Gasteiger partial charge in [-0.1, -0.05) is 66.2 Å². The molecule has 0 unspecified atom stereocenters.